The molecule has 0 radical (unpaired) electrons. The largest absolute Gasteiger partial charge is 0.335 e. The van der Waals surface area contributed by atoms with Gasteiger partial charge in [0.15, 0.2) is 0 Å². The lowest BCUT2D eigenvalue weighted by Crippen LogP contribution is -3.11. The fraction of sp³-hybridized carbons (Fsp3) is 0.500. The van der Waals surface area contributed by atoms with Gasteiger partial charge in [0.2, 0.25) is 11.5 Å². The first-order valence-corrected chi connectivity index (χ1v) is 11.1. The number of unbranched alkanes of at least 4 members (excludes halogenated alkanes) is 1. The summed E-state index contributed by atoms with van der Waals surface area (Å²) in [6, 6.07) is 10.8. The number of pyridine rings is 1. The Bertz CT molecular complexity index is 1010. The molecule has 0 unspecified atom stereocenters. The van der Waals surface area contributed by atoms with Crippen LogP contribution >= 0.6 is 0 Å². The Kier molecular flexibility index (Phi) is 7.11. The van der Waals surface area contributed by atoms with Gasteiger partial charge in [-0.3, -0.25) is 4.98 Å². The van der Waals surface area contributed by atoms with E-state index in [0.29, 0.717) is 0 Å². The summed E-state index contributed by atoms with van der Waals surface area (Å²) in [7, 11) is 0. The molecule has 5 nitrogen and oxygen atoms in total. The van der Waals surface area contributed by atoms with Gasteiger partial charge in [0.25, 0.3) is 0 Å². The number of nitrogens with zero attached hydrogens (tertiary/aromatic N) is 2. The highest BCUT2D eigenvalue weighted by atomic mass is 15.1. The molecule has 0 aliphatic rings. The molecule has 0 spiro atoms. The van der Waals surface area contributed by atoms with Crippen LogP contribution in [-0.2, 0) is 6.42 Å². The Morgan fingerprint density at radius 3 is 2.59 bits per heavy atom. The summed E-state index contributed by atoms with van der Waals surface area (Å²) in [6.07, 6.45) is 4.39. The minimum absolute atomic E-state index is 0.755. The van der Waals surface area contributed by atoms with Crippen molar-refractivity contribution in [3.05, 3.63) is 41.0 Å². The first-order chi connectivity index (χ1) is 14.2. The molecule has 1 aromatic carbocycles. The summed E-state index contributed by atoms with van der Waals surface area (Å²) in [5.41, 5.74) is 6.21. The number of hydrogen-bond acceptors (Lipinski definition) is 2. The summed E-state index contributed by atoms with van der Waals surface area (Å²) < 4.78 is 2.23. The number of rotatable bonds is 10. The second-order valence-electron chi connectivity index (χ2n) is 7.86. The van der Waals surface area contributed by atoms with Crippen LogP contribution in [0, 0.1) is 18.3 Å². The third-order valence-corrected chi connectivity index (χ3v) is 6.09. The maximum absolute atomic E-state index is 9.91. The quantitative estimate of drug-likeness (QED) is 0.366. The Morgan fingerprint density at radius 2 is 1.90 bits per heavy atom. The smallest absolute Gasteiger partial charge is 0.250 e. The molecule has 0 amide bonds. The van der Waals surface area contributed by atoms with Crippen molar-refractivity contribution < 1.29 is 9.30 Å². The van der Waals surface area contributed by atoms with Crippen molar-refractivity contribution >= 4 is 22.5 Å². The van der Waals surface area contributed by atoms with E-state index in [1.807, 2.05) is 6.07 Å². The van der Waals surface area contributed by atoms with E-state index in [-0.39, 0.29) is 0 Å². The summed E-state index contributed by atoms with van der Waals surface area (Å²) >= 11 is 0. The van der Waals surface area contributed by atoms with Crippen LogP contribution in [0.1, 0.15) is 56.7 Å². The minimum Gasteiger partial charge on any atom is -0.335 e. The Labute approximate surface area is 174 Å². The third-order valence-electron chi connectivity index (χ3n) is 6.09. The van der Waals surface area contributed by atoms with Crippen molar-refractivity contribution in [3.8, 4) is 6.07 Å². The number of hydrogen-bond donors (Lipinski definition) is 3. The molecular formula is C24H35N5+2. The second kappa shape index (κ2) is 9.76. The lowest BCUT2D eigenvalue weighted by atomic mass is 9.99. The molecule has 0 aliphatic heterocycles. The van der Waals surface area contributed by atoms with E-state index in [4.69, 9.17) is 0 Å². The normalized spacial score (nSPS) is 11.4. The molecule has 0 bridgehead atoms. The predicted molar refractivity (Wildman–Crippen MR) is 120 cm³/mol. The molecule has 0 saturated heterocycles. The average Bonchev–Trinajstić information content (AvgIpc) is 3.12. The van der Waals surface area contributed by atoms with Gasteiger partial charge < -0.3 is 10.2 Å². The molecule has 3 N–H and O–H groups in total. The van der Waals surface area contributed by atoms with Crippen molar-refractivity contribution in [1.29, 1.82) is 5.26 Å². The number of anilines is 1. The van der Waals surface area contributed by atoms with E-state index in [9.17, 15) is 5.26 Å². The number of aromatic nitrogens is 2. The van der Waals surface area contributed by atoms with Gasteiger partial charge in [0, 0.05) is 12.0 Å². The van der Waals surface area contributed by atoms with Crippen LogP contribution in [0.4, 0.5) is 5.82 Å². The van der Waals surface area contributed by atoms with Crippen molar-refractivity contribution in [2.75, 3.05) is 31.5 Å². The average molecular weight is 394 g/mol. The number of nitrogens with one attached hydrogen (secondary N) is 3. The topological polar surface area (TPSA) is 60.1 Å². The number of quaternary nitrogens is 1. The highest BCUT2D eigenvalue weighted by Crippen LogP contribution is 2.26. The molecule has 3 rings (SSSR count). The molecule has 5 heteroatoms. The number of benzene rings is 1. The zero-order valence-electron chi connectivity index (χ0n) is 18.4. The fourth-order valence-electron chi connectivity index (χ4n) is 4.26. The molecule has 154 valence electrons. The van der Waals surface area contributed by atoms with Gasteiger partial charge in [-0.15, -0.1) is 0 Å². The van der Waals surface area contributed by atoms with E-state index in [1.165, 1.54) is 25.2 Å². The Hall–Kier alpha value is -2.58. The molecule has 2 aromatic heterocycles. The zero-order valence-corrected chi connectivity index (χ0v) is 18.4. The van der Waals surface area contributed by atoms with E-state index in [0.717, 1.165) is 65.9 Å². The van der Waals surface area contributed by atoms with Gasteiger partial charge in [-0.25, -0.2) is 0 Å². The van der Waals surface area contributed by atoms with Gasteiger partial charge in [0.05, 0.1) is 26.2 Å². The summed E-state index contributed by atoms with van der Waals surface area (Å²) in [5.74, 6) is 1.15. The van der Waals surface area contributed by atoms with Crippen LogP contribution in [0.25, 0.3) is 16.7 Å². The SMILES string of the molecule is CCCCc1c(C)c(C#N)c2[nH]c3ccccc3[n+]2c1NCCC[NH+](CC)CC. The molecule has 3 aromatic rings. The lowest BCUT2D eigenvalue weighted by Gasteiger charge is -2.16. The Morgan fingerprint density at radius 1 is 1.14 bits per heavy atom. The number of fused-ring (bicyclic) bond motifs is 3. The molecular weight excluding hydrogens is 358 g/mol. The summed E-state index contributed by atoms with van der Waals surface area (Å²) in [6.45, 7) is 13.3. The summed E-state index contributed by atoms with van der Waals surface area (Å²) in [4.78, 5) is 5.12. The third kappa shape index (κ3) is 4.23. The molecule has 0 aliphatic carbocycles. The highest BCUT2D eigenvalue weighted by Gasteiger charge is 2.25. The van der Waals surface area contributed by atoms with Gasteiger partial charge in [-0.05, 0) is 51.3 Å². The minimum atomic E-state index is 0.755. The summed E-state index contributed by atoms with van der Waals surface area (Å²) in [5, 5.41) is 13.7. The van der Waals surface area contributed by atoms with E-state index >= 15 is 0 Å². The number of para-hydroxylation sites is 2. The predicted octanol–water partition coefficient (Wildman–Crippen LogP) is 3.16. The van der Waals surface area contributed by atoms with Crippen LogP contribution in [0.15, 0.2) is 24.3 Å². The highest BCUT2D eigenvalue weighted by molar-refractivity contribution is 5.78. The van der Waals surface area contributed by atoms with Crippen molar-refractivity contribution in [2.45, 2.75) is 53.4 Å². The second-order valence-corrected chi connectivity index (χ2v) is 7.86. The first-order valence-electron chi connectivity index (χ1n) is 11.1. The van der Waals surface area contributed by atoms with Crippen LogP contribution in [0.5, 0.6) is 0 Å². The molecule has 0 saturated carbocycles. The van der Waals surface area contributed by atoms with Gasteiger partial charge in [-0.1, -0.05) is 25.5 Å². The molecule has 0 fully saturated rings. The fourth-order valence-corrected chi connectivity index (χ4v) is 4.26. The van der Waals surface area contributed by atoms with E-state index < -0.39 is 0 Å². The van der Waals surface area contributed by atoms with Crippen LogP contribution in [0.2, 0.25) is 0 Å². The maximum Gasteiger partial charge on any atom is 0.250 e. The standard InChI is InChI=1S/C24H33N5/c1-5-8-12-19-18(4)20(17-25)24-27-21-13-9-10-14-22(21)29(24)23(19)26-15-11-16-28(6-2)7-3/h9-10,13-14H,5-8,11-12,15-16H2,1-4H3,(H,26,27)/p+2. The van der Waals surface area contributed by atoms with Crippen LogP contribution in [0.3, 0.4) is 0 Å². The monoisotopic (exact) mass is 393 g/mol. The zero-order chi connectivity index (χ0) is 20.8. The molecule has 2 heterocycles. The van der Waals surface area contributed by atoms with Crippen LogP contribution < -0.4 is 14.6 Å². The Balaban J connectivity index is 2.08. The van der Waals surface area contributed by atoms with Crippen molar-refractivity contribution in [3.63, 3.8) is 0 Å². The number of H-pyrrole nitrogens is 1. The maximum atomic E-state index is 9.91. The van der Waals surface area contributed by atoms with Gasteiger partial charge in [-0.2, -0.15) is 9.66 Å². The van der Waals surface area contributed by atoms with Gasteiger partial charge in [0.1, 0.15) is 22.7 Å². The number of aromatic amines is 1. The van der Waals surface area contributed by atoms with Crippen molar-refractivity contribution in [2.24, 2.45) is 0 Å². The number of nitriles is 1. The first kappa shape index (κ1) is 21.1. The van der Waals surface area contributed by atoms with E-state index in [2.05, 4.69) is 66.7 Å². The lowest BCUT2D eigenvalue weighted by molar-refractivity contribution is -0.896. The van der Waals surface area contributed by atoms with Crippen LogP contribution in [-0.4, -0.2) is 31.2 Å². The number of imidazole rings is 1. The molecule has 29 heavy (non-hydrogen) atoms. The van der Waals surface area contributed by atoms with Crippen molar-refractivity contribution in [1.82, 2.24) is 4.98 Å². The van der Waals surface area contributed by atoms with Gasteiger partial charge >= 0.3 is 0 Å². The molecule has 0 atom stereocenters. The van der Waals surface area contributed by atoms with E-state index in [1.54, 1.807) is 4.90 Å².